The van der Waals surface area contributed by atoms with Gasteiger partial charge >= 0.3 is 5.97 Å². The lowest BCUT2D eigenvalue weighted by atomic mass is 10.1. The molecule has 2 bridgehead atoms. The van der Waals surface area contributed by atoms with Gasteiger partial charge in [0.15, 0.2) is 0 Å². The molecule has 0 radical (unpaired) electrons. The molecule has 1 saturated carbocycles. The Morgan fingerprint density at radius 3 is 2.72 bits per heavy atom. The average molecular weight is 254 g/mol. The minimum Gasteiger partial charge on any atom is -0.465 e. The quantitative estimate of drug-likeness (QED) is 0.728. The monoisotopic (exact) mass is 254 g/mol. The molecule has 1 heterocycles. The van der Waals surface area contributed by atoms with Crippen molar-refractivity contribution in [3.8, 4) is 0 Å². The summed E-state index contributed by atoms with van der Waals surface area (Å²) in [6, 6.07) is 0.837. The second kappa shape index (κ2) is 6.02. The molecular weight excluding hydrogens is 228 g/mol. The first-order valence-electron chi connectivity index (χ1n) is 7.26. The summed E-state index contributed by atoms with van der Waals surface area (Å²) in [6.45, 7) is 8.44. The van der Waals surface area contributed by atoms with Crippen molar-refractivity contribution >= 4 is 5.97 Å². The van der Waals surface area contributed by atoms with Crippen molar-refractivity contribution < 1.29 is 9.53 Å². The number of fused-ring (bicyclic) bond motifs is 2. The summed E-state index contributed by atoms with van der Waals surface area (Å²) in [5.41, 5.74) is 0. The van der Waals surface area contributed by atoms with Crippen molar-refractivity contribution in [1.29, 1.82) is 0 Å². The number of piperidine rings is 1. The highest BCUT2D eigenvalue weighted by molar-refractivity contribution is 5.76. The van der Waals surface area contributed by atoms with Gasteiger partial charge < -0.3 is 10.1 Å². The Morgan fingerprint density at radius 1 is 1.44 bits per heavy atom. The average Bonchev–Trinajstić information content (AvgIpc) is 2.89. The van der Waals surface area contributed by atoms with Crippen LogP contribution < -0.4 is 5.32 Å². The van der Waals surface area contributed by atoms with E-state index in [1.807, 2.05) is 6.92 Å². The van der Waals surface area contributed by atoms with Gasteiger partial charge in [-0.2, -0.15) is 0 Å². The number of nitrogens with one attached hydrogen (secondary N) is 1. The largest absolute Gasteiger partial charge is 0.465 e. The van der Waals surface area contributed by atoms with Crippen LogP contribution in [0.4, 0.5) is 0 Å². The number of rotatable bonds is 6. The first-order valence-corrected chi connectivity index (χ1v) is 7.26. The number of carbonyl (C=O) groups excluding carboxylic acids is 1. The lowest BCUT2D eigenvalue weighted by Gasteiger charge is -2.31. The number of nitrogens with zero attached hydrogens (tertiary/aromatic N) is 1. The van der Waals surface area contributed by atoms with E-state index in [-0.39, 0.29) is 12.0 Å². The number of likely N-dealkylation sites (tertiary alicyclic amines) is 1. The van der Waals surface area contributed by atoms with Crippen molar-refractivity contribution in [2.75, 3.05) is 19.7 Å². The summed E-state index contributed by atoms with van der Waals surface area (Å²) in [4.78, 5) is 14.4. The summed E-state index contributed by atoms with van der Waals surface area (Å²) in [6.07, 6.45) is 4.02. The highest BCUT2D eigenvalue weighted by Crippen LogP contribution is 2.37. The van der Waals surface area contributed by atoms with Gasteiger partial charge in [-0.1, -0.05) is 13.8 Å². The van der Waals surface area contributed by atoms with Gasteiger partial charge in [0.05, 0.1) is 6.61 Å². The van der Waals surface area contributed by atoms with Crippen LogP contribution >= 0.6 is 0 Å². The smallest absolute Gasteiger partial charge is 0.324 e. The zero-order chi connectivity index (χ0) is 13.1. The molecule has 18 heavy (non-hydrogen) atoms. The molecule has 0 aromatic heterocycles. The third-order valence-corrected chi connectivity index (χ3v) is 4.05. The molecule has 1 aliphatic heterocycles. The van der Waals surface area contributed by atoms with E-state index in [9.17, 15) is 4.79 Å². The van der Waals surface area contributed by atoms with Gasteiger partial charge in [-0.3, -0.25) is 9.69 Å². The van der Waals surface area contributed by atoms with Gasteiger partial charge in [-0.05, 0) is 32.1 Å². The Morgan fingerprint density at radius 2 is 2.22 bits per heavy atom. The first-order chi connectivity index (χ1) is 8.60. The molecule has 1 aliphatic carbocycles. The molecule has 3 unspecified atom stereocenters. The van der Waals surface area contributed by atoms with Gasteiger partial charge in [-0.25, -0.2) is 0 Å². The standard InChI is InChI=1S/C14H26N2O2/c1-4-18-14(17)13(15-10(2)3)9-16-8-11-5-6-12(16)7-11/h10-13,15H,4-9H2,1-3H3. The van der Waals surface area contributed by atoms with E-state index in [1.165, 1.54) is 25.8 Å². The molecule has 104 valence electrons. The Hall–Kier alpha value is -0.610. The van der Waals surface area contributed by atoms with Gasteiger partial charge in [0.1, 0.15) is 6.04 Å². The lowest BCUT2D eigenvalue weighted by Crippen LogP contribution is -2.50. The van der Waals surface area contributed by atoms with E-state index in [2.05, 4.69) is 24.1 Å². The van der Waals surface area contributed by atoms with Gasteiger partial charge in [0.2, 0.25) is 0 Å². The number of hydrogen-bond donors (Lipinski definition) is 1. The summed E-state index contributed by atoms with van der Waals surface area (Å²) in [5.74, 6) is 0.769. The Bertz CT molecular complexity index is 294. The molecule has 0 spiro atoms. The van der Waals surface area contributed by atoms with Crippen LogP contribution in [0.15, 0.2) is 0 Å². The Balaban J connectivity index is 1.90. The van der Waals surface area contributed by atoms with E-state index >= 15 is 0 Å². The number of hydrogen-bond acceptors (Lipinski definition) is 4. The van der Waals surface area contributed by atoms with Gasteiger partial charge in [0.25, 0.3) is 0 Å². The number of carbonyl (C=O) groups is 1. The molecule has 0 amide bonds. The second-order valence-corrected chi connectivity index (χ2v) is 5.91. The summed E-state index contributed by atoms with van der Waals surface area (Å²) >= 11 is 0. The molecule has 3 atom stereocenters. The normalized spacial score (nSPS) is 28.9. The van der Waals surface area contributed by atoms with Crippen LogP contribution in [0, 0.1) is 5.92 Å². The van der Waals surface area contributed by atoms with E-state index in [0.717, 1.165) is 12.5 Å². The second-order valence-electron chi connectivity index (χ2n) is 5.91. The Labute approximate surface area is 110 Å². The molecule has 0 aromatic carbocycles. The maximum absolute atomic E-state index is 12.0. The fourth-order valence-corrected chi connectivity index (χ4v) is 3.33. The van der Waals surface area contributed by atoms with Crippen LogP contribution in [0.1, 0.15) is 40.0 Å². The minimum atomic E-state index is -0.177. The van der Waals surface area contributed by atoms with E-state index in [1.54, 1.807) is 0 Å². The third kappa shape index (κ3) is 3.23. The van der Waals surface area contributed by atoms with E-state index in [4.69, 9.17) is 4.74 Å². The number of esters is 1. The zero-order valence-electron chi connectivity index (χ0n) is 11.8. The maximum atomic E-state index is 12.0. The maximum Gasteiger partial charge on any atom is 0.324 e. The van der Waals surface area contributed by atoms with Crippen molar-refractivity contribution in [2.45, 2.75) is 58.2 Å². The molecule has 1 N–H and O–H groups in total. The molecule has 2 rings (SSSR count). The fraction of sp³-hybridized carbons (Fsp3) is 0.929. The highest BCUT2D eigenvalue weighted by atomic mass is 16.5. The third-order valence-electron chi connectivity index (χ3n) is 4.05. The van der Waals surface area contributed by atoms with Crippen molar-refractivity contribution in [1.82, 2.24) is 10.2 Å². The fourth-order valence-electron chi connectivity index (χ4n) is 3.33. The van der Waals surface area contributed by atoms with Gasteiger partial charge in [0, 0.05) is 25.2 Å². The topological polar surface area (TPSA) is 41.6 Å². The van der Waals surface area contributed by atoms with Crippen molar-refractivity contribution in [3.63, 3.8) is 0 Å². The molecule has 1 saturated heterocycles. The van der Waals surface area contributed by atoms with Crippen molar-refractivity contribution in [3.05, 3.63) is 0 Å². The van der Waals surface area contributed by atoms with E-state index in [0.29, 0.717) is 18.7 Å². The molecule has 2 aliphatic rings. The van der Waals surface area contributed by atoms with E-state index < -0.39 is 0 Å². The first kappa shape index (κ1) is 13.8. The molecule has 0 aromatic rings. The predicted octanol–water partition coefficient (Wildman–Crippen LogP) is 1.40. The predicted molar refractivity (Wildman–Crippen MR) is 71.4 cm³/mol. The molecule has 4 nitrogen and oxygen atoms in total. The summed E-state index contributed by atoms with van der Waals surface area (Å²) in [5, 5.41) is 3.33. The van der Waals surface area contributed by atoms with Crippen LogP contribution in [0.2, 0.25) is 0 Å². The van der Waals surface area contributed by atoms with Crippen LogP contribution in [0.5, 0.6) is 0 Å². The number of ether oxygens (including phenoxy) is 1. The molecular formula is C14H26N2O2. The Kier molecular flexibility index (Phi) is 4.62. The zero-order valence-corrected chi connectivity index (χ0v) is 11.8. The molecule has 4 heteroatoms. The SMILES string of the molecule is CCOC(=O)C(CN1CC2CCC1C2)NC(C)C. The van der Waals surface area contributed by atoms with Gasteiger partial charge in [-0.15, -0.1) is 0 Å². The van der Waals surface area contributed by atoms with Crippen LogP contribution in [-0.4, -0.2) is 48.7 Å². The van der Waals surface area contributed by atoms with Crippen LogP contribution in [-0.2, 0) is 9.53 Å². The summed E-state index contributed by atoms with van der Waals surface area (Å²) in [7, 11) is 0. The molecule has 2 fully saturated rings. The van der Waals surface area contributed by atoms with Crippen molar-refractivity contribution in [2.24, 2.45) is 5.92 Å². The lowest BCUT2D eigenvalue weighted by molar-refractivity contribution is -0.146. The highest BCUT2D eigenvalue weighted by Gasteiger charge is 2.39. The van der Waals surface area contributed by atoms with Crippen LogP contribution in [0.25, 0.3) is 0 Å². The summed E-state index contributed by atoms with van der Waals surface area (Å²) < 4.78 is 5.17. The minimum absolute atomic E-state index is 0.103. The van der Waals surface area contributed by atoms with Crippen LogP contribution in [0.3, 0.4) is 0 Å².